The summed E-state index contributed by atoms with van der Waals surface area (Å²) in [5.74, 6) is 1.97. The molecule has 1 N–H and O–H groups in total. The van der Waals surface area contributed by atoms with Crippen molar-refractivity contribution in [3.05, 3.63) is 41.6 Å². The lowest BCUT2D eigenvalue weighted by molar-refractivity contribution is 0.174. The lowest BCUT2D eigenvalue weighted by atomic mass is 10.1. The zero-order chi connectivity index (χ0) is 19.7. The van der Waals surface area contributed by atoms with E-state index >= 15 is 0 Å². The number of benzene rings is 2. The molecule has 0 bridgehead atoms. The number of nitrogens with zero attached hydrogens (tertiary/aromatic N) is 3. The van der Waals surface area contributed by atoms with Crippen LogP contribution in [0.15, 0.2) is 30.5 Å². The van der Waals surface area contributed by atoms with Crippen molar-refractivity contribution in [2.45, 2.75) is 0 Å². The number of nitriles is 2. The smallest absolute Gasteiger partial charge is 0.231 e. The Kier molecular flexibility index (Phi) is 4.23. The second-order valence-electron chi connectivity index (χ2n) is 5.84. The average Bonchev–Trinajstić information content (AvgIpc) is 3.22. The number of aromatic nitrogens is 1. The van der Waals surface area contributed by atoms with Gasteiger partial charge in [0.15, 0.2) is 23.0 Å². The predicted octanol–water partition coefficient (Wildman–Crippen LogP) is 3.47. The maximum Gasteiger partial charge on any atom is 0.231 e. The first-order valence-electron chi connectivity index (χ1n) is 8.24. The van der Waals surface area contributed by atoms with Crippen molar-refractivity contribution in [2.75, 3.05) is 26.3 Å². The van der Waals surface area contributed by atoms with Gasteiger partial charge in [0.25, 0.3) is 0 Å². The SMILES string of the molecule is COc1cc2ncc(C#N)c(Nc3c(C#N)ccc4c3OCO4)c2cc1OC. The number of anilines is 2. The molecule has 138 valence electrons. The summed E-state index contributed by atoms with van der Waals surface area (Å²) in [6.07, 6.45) is 1.46. The van der Waals surface area contributed by atoms with Crippen LogP contribution in [0.4, 0.5) is 11.4 Å². The van der Waals surface area contributed by atoms with E-state index in [-0.39, 0.29) is 6.79 Å². The maximum atomic E-state index is 9.60. The van der Waals surface area contributed by atoms with Crippen LogP contribution in [0, 0.1) is 22.7 Å². The normalized spacial score (nSPS) is 11.6. The van der Waals surface area contributed by atoms with Crippen molar-refractivity contribution in [3.63, 3.8) is 0 Å². The molecule has 2 aromatic carbocycles. The Balaban J connectivity index is 1.96. The highest BCUT2D eigenvalue weighted by atomic mass is 16.7. The fourth-order valence-electron chi connectivity index (χ4n) is 3.05. The maximum absolute atomic E-state index is 9.60. The number of methoxy groups -OCH3 is 2. The molecule has 1 aliphatic heterocycles. The Morgan fingerprint density at radius 2 is 1.75 bits per heavy atom. The van der Waals surface area contributed by atoms with Crippen LogP contribution in [0.3, 0.4) is 0 Å². The van der Waals surface area contributed by atoms with Gasteiger partial charge in [-0.1, -0.05) is 0 Å². The van der Waals surface area contributed by atoms with E-state index in [2.05, 4.69) is 22.4 Å². The van der Waals surface area contributed by atoms with Crippen molar-refractivity contribution >= 4 is 22.3 Å². The molecule has 8 heteroatoms. The largest absolute Gasteiger partial charge is 0.493 e. The van der Waals surface area contributed by atoms with Gasteiger partial charge in [0.2, 0.25) is 6.79 Å². The van der Waals surface area contributed by atoms with Crippen LogP contribution >= 0.6 is 0 Å². The van der Waals surface area contributed by atoms with E-state index in [0.29, 0.717) is 56.4 Å². The van der Waals surface area contributed by atoms with Gasteiger partial charge in [-0.2, -0.15) is 10.5 Å². The van der Waals surface area contributed by atoms with E-state index in [1.807, 2.05) is 0 Å². The van der Waals surface area contributed by atoms with Gasteiger partial charge >= 0.3 is 0 Å². The Bertz CT molecular complexity index is 1180. The molecule has 0 saturated heterocycles. The molecule has 0 amide bonds. The molecule has 0 unspecified atom stereocenters. The number of fused-ring (bicyclic) bond motifs is 2. The Morgan fingerprint density at radius 3 is 2.46 bits per heavy atom. The van der Waals surface area contributed by atoms with Crippen LogP contribution < -0.4 is 24.3 Å². The first kappa shape index (κ1) is 17.3. The molecule has 0 atom stereocenters. The van der Waals surface area contributed by atoms with Crippen molar-refractivity contribution in [2.24, 2.45) is 0 Å². The third-order valence-electron chi connectivity index (χ3n) is 4.40. The topological polar surface area (TPSA) is 109 Å². The van der Waals surface area contributed by atoms with Gasteiger partial charge in [0.1, 0.15) is 17.8 Å². The van der Waals surface area contributed by atoms with Gasteiger partial charge in [0.05, 0.1) is 36.6 Å². The third kappa shape index (κ3) is 2.65. The molecule has 0 spiro atoms. The van der Waals surface area contributed by atoms with Gasteiger partial charge in [0, 0.05) is 17.6 Å². The lowest BCUT2D eigenvalue weighted by Crippen LogP contribution is -2.01. The second-order valence-corrected chi connectivity index (χ2v) is 5.84. The van der Waals surface area contributed by atoms with Gasteiger partial charge in [-0.3, -0.25) is 4.98 Å². The van der Waals surface area contributed by atoms with Gasteiger partial charge in [-0.05, 0) is 18.2 Å². The van der Waals surface area contributed by atoms with E-state index in [1.165, 1.54) is 20.4 Å². The monoisotopic (exact) mass is 374 g/mol. The van der Waals surface area contributed by atoms with Crippen LogP contribution in [0.5, 0.6) is 23.0 Å². The molecule has 1 aliphatic rings. The molecule has 8 nitrogen and oxygen atoms in total. The molecule has 0 aliphatic carbocycles. The minimum absolute atomic E-state index is 0.0616. The molecule has 0 radical (unpaired) electrons. The molecular weight excluding hydrogens is 360 g/mol. The van der Waals surface area contributed by atoms with Crippen LogP contribution in [0.25, 0.3) is 10.9 Å². The van der Waals surface area contributed by atoms with Crippen LogP contribution in [0.2, 0.25) is 0 Å². The number of nitrogens with one attached hydrogen (secondary N) is 1. The van der Waals surface area contributed by atoms with E-state index in [4.69, 9.17) is 18.9 Å². The Hall–Kier alpha value is -4.17. The first-order chi connectivity index (χ1) is 13.7. The minimum Gasteiger partial charge on any atom is -0.493 e. The number of hydrogen-bond donors (Lipinski definition) is 1. The quantitative estimate of drug-likeness (QED) is 0.739. The highest BCUT2D eigenvalue weighted by Crippen LogP contribution is 2.44. The summed E-state index contributed by atoms with van der Waals surface area (Å²) in [5, 5.41) is 22.9. The summed E-state index contributed by atoms with van der Waals surface area (Å²) >= 11 is 0. The summed E-state index contributed by atoms with van der Waals surface area (Å²) in [5.41, 5.74) is 2.17. The summed E-state index contributed by atoms with van der Waals surface area (Å²) in [6, 6.07) is 11.0. The van der Waals surface area contributed by atoms with E-state index in [1.54, 1.807) is 24.3 Å². The Labute approximate surface area is 160 Å². The molecule has 2 heterocycles. The fourth-order valence-corrected chi connectivity index (χ4v) is 3.05. The third-order valence-corrected chi connectivity index (χ3v) is 4.40. The summed E-state index contributed by atoms with van der Waals surface area (Å²) < 4.78 is 21.6. The summed E-state index contributed by atoms with van der Waals surface area (Å²) in [4.78, 5) is 4.33. The van der Waals surface area contributed by atoms with Crippen LogP contribution in [0.1, 0.15) is 11.1 Å². The lowest BCUT2D eigenvalue weighted by Gasteiger charge is -2.16. The minimum atomic E-state index is 0.0616. The number of pyridine rings is 1. The zero-order valence-corrected chi connectivity index (χ0v) is 15.1. The van der Waals surface area contributed by atoms with Crippen molar-refractivity contribution in [1.29, 1.82) is 10.5 Å². The second kappa shape index (κ2) is 6.86. The first-order valence-corrected chi connectivity index (χ1v) is 8.24. The average molecular weight is 374 g/mol. The van der Waals surface area contributed by atoms with Gasteiger partial charge < -0.3 is 24.3 Å². The Morgan fingerprint density at radius 1 is 1.00 bits per heavy atom. The highest BCUT2D eigenvalue weighted by molar-refractivity contribution is 5.98. The molecule has 0 fully saturated rings. The zero-order valence-electron chi connectivity index (χ0n) is 15.1. The van der Waals surface area contributed by atoms with Crippen LogP contribution in [-0.2, 0) is 0 Å². The van der Waals surface area contributed by atoms with Crippen molar-refractivity contribution in [3.8, 4) is 35.1 Å². The van der Waals surface area contributed by atoms with Gasteiger partial charge in [-0.25, -0.2) is 0 Å². The standard InChI is InChI=1S/C20H14N4O4/c1-25-16-5-13-14(6-17(16)26-2)23-9-12(8-22)18(13)24-19-11(7-21)3-4-15-20(19)28-10-27-15/h3-6,9H,10H2,1-2H3,(H,23,24). The predicted molar refractivity (Wildman–Crippen MR) is 100 cm³/mol. The molecule has 28 heavy (non-hydrogen) atoms. The molecule has 4 rings (SSSR count). The molecular formula is C20H14N4O4. The number of hydrogen-bond acceptors (Lipinski definition) is 8. The summed E-state index contributed by atoms with van der Waals surface area (Å²) in [7, 11) is 3.07. The molecule has 3 aromatic rings. The molecule has 1 aromatic heterocycles. The molecule has 0 saturated carbocycles. The van der Waals surface area contributed by atoms with Gasteiger partial charge in [-0.15, -0.1) is 0 Å². The fraction of sp³-hybridized carbons (Fsp3) is 0.150. The number of ether oxygens (including phenoxy) is 4. The van der Waals surface area contributed by atoms with Crippen molar-refractivity contribution in [1.82, 2.24) is 4.98 Å². The highest BCUT2D eigenvalue weighted by Gasteiger charge is 2.23. The van der Waals surface area contributed by atoms with E-state index in [0.717, 1.165) is 0 Å². The van der Waals surface area contributed by atoms with E-state index in [9.17, 15) is 10.5 Å². The van der Waals surface area contributed by atoms with Crippen LogP contribution in [-0.4, -0.2) is 26.0 Å². The van der Waals surface area contributed by atoms with E-state index < -0.39 is 0 Å². The number of rotatable bonds is 4. The summed E-state index contributed by atoms with van der Waals surface area (Å²) in [6.45, 7) is 0.0616. The van der Waals surface area contributed by atoms with Crippen molar-refractivity contribution < 1.29 is 18.9 Å².